The second-order valence-corrected chi connectivity index (χ2v) is 2.40. The van der Waals surface area contributed by atoms with Crippen LogP contribution in [-0.2, 0) is 4.74 Å². The molecule has 0 N–H and O–H groups in total. The van der Waals surface area contributed by atoms with Crippen LogP contribution in [0.4, 0.5) is 4.39 Å². The molecule has 0 aromatic heterocycles. The van der Waals surface area contributed by atoms with Crippen molar-refractivity contribution in [1.82, 2.24) is 0 Å². The Hall–Kier alpha value is -1.64. The number of ether oxygens (including phenoxy) is 1. The van der Waals surface area contributed by atoms with Gasteiger partial charge in [0.25, 0.3) is 0 Å². The van der Waals surface area contributed by atoms with E-state index in [-0.39, 0.29) is 12.2 Å². The number of carbonyl (C=O) groups is 1. The molecule has 0 unspecified atom stereocenters. The van der Waals surface area contributed by atoms with Gasteiger partial charge in [0.2, 0.25) is 0 Å². The molecule has 0 fully saturated rings. The first kappa shape index (κ1) is 9.45. The predicted octanol–water partition coefficient (Wildman–Crippen LogP) is 2.17. The summed E-state index contributed by atoms with van der Waals surface area (Å²) < 4.78 is 17.3. The van der Waals surface area contributed by atoms with E-state index in [9.17, 15) is 9.18 Å². The van der Waals surface area contributed by atoms with Crippen LogP contribution in [0.3, 0.4) is 0 Å². The van der Waals surface area contributed by atoms with E-state index in [0.29, 0.717) is 0 Å². The van der Waals surface area contributed by atoms with Crippen molar-refractivity contribution in [3.8, 4) is 0 Å². The smallest absolute Gasteiger partial charge is 0.338 e. The van der Waals surface area contributed by atoms with Crippen LogP contribution in [0.5, 0.6) is 0 Å². The highest BCUT2D eigenvalue weighted by Gasteiger charge is 2.05. The standard InChI is InChI=1S/C10H9FO2/c1-2-6-13-10(12)8-4-3-5-9(11)7-8/h2-5,7H,1,6H2. The molecule has 68 valence electrons. The fourth-order valence-corrected chi connectivity index (χ4v) is 0.833. The zero-order valence-corrected chi connectivity index (χ0v) is 7.00. The molecule has 13 heavy (non-hydrogen) atoms. The SMILES string of the molecule is C=CCOC(=O)c1cccc(F)c1. The Labute approximate surface area is 75.6 Å². The van der Waals surface area contributed by atoms with Crippen LogP contribution in [0.25, 0.3) is 0 Å². The molecule has 0 atom stereocenters. The maximum Gasteiger partial charge on any atom is 0.338 e. The van der Waals surface area contributed by atoms with Crippen molar-refractivity contribution in [2.75, 3.05) is 6.61 Å². The lowest BCUT2D eigenvalue weighted by atomic mass is 10.2. The minimum atomic E-state index is -0.542. The highest BCUT2D eigenvalue weighted by atomic mass is 19.1. The fraction of sp³-hybridized carbons (Fsp3) is 0.100. The molecule has 1 aromatic rings. The monoisotopic (exact) mass is 180 g/mol. The summed E-state index contributed by atoms with van der Waals surface area (Å²) >= 11 is 0. The second-order valence-electron chi connectivity index (χ2n) is 2.40. The first-order valence-corrected chi connectivity index (χ1v) is 3.77. The Bertz CT molecular complexity index is 320. The molecular weight excluding hydrogens is 171 g/mol. The highest BCUT2D eigenvalue weighted by molar-refractivity contribution is 5.89. The quantitative estimate of drug-likeness (QED) is 0.526. The van der Waals surface area contributed by atoms with E-state index in [0.717, 1.165) is 6.07 Å². The molecule has 0 saturated carbocycles. The van der Waals surface area contributed by atoms with Gasteiger partial charge in [0.1, 0.15) is 12.4 Å². The van der Waals surface area contributed by atoms with Gasteiger partial charge in [0.15, 0.2) is 0 Å². The van der Waals surface area contributed by atoms with Crippen LogP contribution in [0.1, 0.15) is 10.4 Å². The molecule has 1 aromatic carbocycles. The molecule has 0 aliphatic heterocycles. The van der Waals surface area contributed by atoms with Crippen molar-refractivity contribution in [1.29, 1.82) is 0 Å². The Balaban J connectivity index is 2.71. The normalized spacial score (nSPS) is 9.31. The van der Waals surface area contributed by atoms with Crippen molar-refractivity contribution in [3.63, 3.8) is 0 Å². The van der Waals surface area contributed by atoms with Crippen LogP contribution >= 0.6 is 0 Å². The second kappa shape index (κ2) is 4.40. The summed E-state index contributed by atoms with van der Waals surface area (Å²) in [5, 5.41) is 0. The average Bonchev–Trinajstić information content (AvgIpc) is 2.14. The van der Waals surface area contributed by atoms with Gasteiger partial charge in [0.05, 0.1) is 5.56 Å². The zero-order chi connectivity index (χ0) is 9.68. The third-order valence-corrected chi connectivity index (χ3v) is 1.39. The molecule has 0 bridgehead atoms. The topological polar surface area (TPSA) is 26.3 Å². The van der Waals surface area contributed by atoms with Crippen molar-refractivity contribution in [3.05, 3.63) is 48.3 Å². The molecule has 0 heterocycles. The molecule has 2 nitrogen and oxygen atoms in total. The Kier molecular flexibility index (Phi) is 3.20. The van der Waals surface area contributed by atoms with Gasteiger partial charge in [-0.3, -0.25) is 0 Å². The molecule has 0 radical (unpaired) electrons. The van der Waals surface area contributed by atoms with Gasteiger partial charge in [-0.05, 0) is 18.2 Å². The number of hydrogen-bond donors (Lipinski definition) is 0. The van der Waals surface area contributed by atoms with E-state index >= 15 is 0 Å². The molecular formula is C10H9FO2. The van der Waals surface area contributed by atoms with Gasteiger partial charge in [-0.25, -0.2) is 9.18 Å². The average molecular weight is 180 g/mol. The lowest BCUT2D eigenvalue weighted by Gasteiger charge is -2.00. The lowest BCUT2D eigenvalue weighted by Crippen LogP contribution is -2.04. The number of hydrogen-bond acceptors (Lipinski definition) is 2. The Morgan fingerprint density at radius 3 is 3.00 bits per heavy atom. The van der Waals surface area contributed by atoms with Crippen molar-refractivity contribution >= 4 is 5.97 Å². The molecule has 0 spiro atoms. The van der Waals surface area contributed by atoms with Gasteiger partial charge in [-0.2, -0.15) is 0 Å². The molecule has 1 rings (SSSR count). The summed E-state index contributed by atoms with van der Waals surface area (Å²) in [6.07, 6.45) is 1.46. The summed E-state index contributed by atoms with van der Waals surface area (Å²) in [6.45, 7) is 3.53. The van der Waals surface area contributed by atoms with Crippen LogP contribution in [0, 0.1) is 5.82 Å². The minimum Gasteiger partial charge on any atom is -0.458 e. The molecule has 0 saturated heterocycles. The number of halogens is 1. The third-order valence-electron chi connectivity index (χ3n) is 1.39. The fourth-order valence-electron chi connectivity index (χ4n) is 0.833. The number of carbonyl (C=O) groups excluding carboxylic acids is 1. The summed E-state index contributed by atoms with van der Waals surface area (Å²) in [5.74, 6) is -0.993. The number of rotatable bonds is 3. The van der Waals surface area contributed by atoms with Gasteiger partial charge in [0, 0.05) is 0 Å². The zero-order valence-electron chi connectivity index (χ0n) is 7.00. The molecule has 0 amide bonds. The van der Waals surface area contributed by atoms with E-state index < -0.39 is 11.8 Å². The number of esters is 1. The van der Waals surface area contributed by atoms with E-state index in [1.54, 1.807) is 0 Å². The minimum absolute atomic E-state index is 0.134. The predicted molar refractivity (Wildman–Crippen MR) is 46.9 cm³/mol. The van der Waals surface area contributed by atoms with E-state index in [1.807, 2.05) is 0 Å². The van der Waals surface area contributed by atoms with E-state index in [2.05, 4.69) is 6.58 Å². The van der Waals surface area contributed by atoms with Gasteiger partial charge in [-0.1, -0.05) is 18.7 Å². The van der Waals surface area contributed by atoms with E-state index in [1.165, 1.54) is 24.3 Å². The van der Waals surface area contributed by atoms with E-state index in [4.69, 9.17) is 4.74 Å². The van der Waals surface area contributed by atoms with Crippen LogP contribution in [0.15, 0.2) is 36.9 Å². The maximum atomic E-state index is 12.6. The molecule has 0 aliphatic carbocycles. The van der Waals surface area contributed by atoms with Crippen molar-refractivity contribution < 1.29 is 13.9 Å². The van der Waals surface area contributed by atoms with Crippen LogP contribution in [0.2, 0.25) is 0 Å². The molecule has 3 heteroatoms. The lowest BCUT2D eigenvalue weighted by molar-refractivity contribution is 0.0549. The summed E-state index contributed by atoms with van der Waals surface area (Å²) in [5.41, 5.74) is 0.210. The van der Waals surface area contributed by atoms with Crippen molar-refractivity contribution in [2.24, 2.45) is 0 Å². The largest absolute Gasteiger partial charge is 0.458 e. The number of benzene rings is 1. The summed E-state index contributed by atoms with van der Waals surface area (Å²) in [6, 6.07) is 5.35. The first-order chi connectivity index (χ1) is 6.24. The van der Waals surface area contributed by atoms with Gasteiger partial charge in [-0.15, -0.1) is 0 Å². The third kappa shape index (κ3) is 2.71. The Morgan fingerprint density at radius 2 is 2.38 bits per heavy atom. The Morgan fingerprint density at radius 1 is 1.62 bits per heavy atom. The first-order valence-electron chi connectivity index (χ1n) is 3.77. The molecule has 0 aliphatic rings. The van der Waals surface area contributed by atoms with Gasteiger partial charge < -0.3 is 4.74 Å². The van der Waals surface area contributed by atoms with Crippen LogP contribution in [-0.4, -0.2) is 12.6 Å². The maximum absolute atomic E-state index is 12.6. The summed E-state index contributed by atoms with van der Waals surface area (Å²) in [4.78, 5) is 11.1. The van der Waals surface area contributed by atoms with Crippen molar-refractivity contribution in [2.45, 2.75) is 0 Å². The summed E-state index contributed by atoms with van der Waals surface area (Å²) in [7, 11) is 0. The van der Waals surface area contributed by atoms with Crippen LogP contribution < -0.4 is 0 Å². The highest BCUT2D eigenvalue weighted by Crippen LogP contribution is 2.04. The van der Waals surface area contributed by atoms with Gasteiger partial charge >= 0.3 is 5.97 Å².